The number of aromatic amines is 1. The van der Waals surface area contributed by atoms with E-state index in [2.05, 4.69) is 10.3 Å². The number of anilines is 1. The van der Waals surface area contributed by atoms with Crippen LogP contribution in [0.2, 0.25) is 0 Å². The molecule has 0 atom stereocenters. The molecule has 1 heterocycles. The maximum Gasteiger partial charge on any atom is 0.272 e. The number of fused-ring (bicyclic) bond motifs is 1. The number of aromatic nitrogens is 1. The van der Waals surface area contributed by atoms with Crippen molar-refractivity contribution < 1.29 is 9.18 Å². The van der Waals surface area contributed by atoms with E-state index in [1.54, 1.807) is 36.4 Å². The molecule has 0 bridgehead atoms. The van der Waals surface area contributed by atoms with E-state index < -0.39 is 0 Å². The second-order valence-electron chi connectivity index (χ2n) is 4.53. The van der Waals surface area contributed by atoms with Crippen molar-refractivity contribution >= 4 is 22.5 Å². The molecule has 0 saturated carbocycles. The van der Waals surface area contributed by atoms with Crippen molar-refractivity contribution in [3.8, 4) is 6.07 Å². The SMILES string of the molecule is N#Cc1ccccc1NC(=O)c1cc2cc(F)ccc2[nH]1. The molecule has 0 unspecified atom stereocenters. The number of carbonyl (C=O) groups is 1. The Balaban J connectivity index is 1.92. The number of nitriles is 1. The molecule has 2 N–H and O–H groups in total. The van der Waals surface area contributed by atoms with Gasteiger partial charge in [0.25, 0.3) is 5.91 Å². The minimum Gasteiger partial charge on any atom is -0.351 e. The van der Waals surface area contributed by atoms with Crippen molar-refractivity contribution in [3.63, 3.8) is 0 Å². The molecule has 0 aliphatic carbocycles. The maximum absolute atomic E-state index is 13.1. The van der Waals surface area contributed by atoms with E-state index in [0.29, 0.717) is 27.8 Å². The minimum absolute atomic E-state index is 0.309. The van der Waals surface area contributed by atoms with E-state index in [0.717, 1.165) is 0 Å². The second kappa shape index (κ2) is 5.10. The Morgan fingerprint density at radius 2 is 2.00 bits per heavy atom. The number of nitrogens with zero attached hydrogens (tertiary/aromatic N) is 1. The molecule has 0 aliphatic heterocycles. The van der Waals surface area contributed by atoms with E-state index in [1.807, 2.05) is 6.07 Å². The van der Waals surface area contributed by atoms with Gasteiger partial charge in [-0.3, -0.25) is 4.79 Å². The van der Waals surface area contributed by atoms with Crippen LogP contribution >= 0.6 is 0 Å². The lowest BCUT2D eigenvalue weighted by Crippen LogP contribution is -2.13. The number of nitrogens with one attached hydrogen (secondary N) is 2. The maximum atomic E-state index is 13.1. The van der Waals surface area contributed by atoms with E-state index in [9.17, 15) is 9.18 Å². The van der Waals surface area contributed by atoms with Gasteiger partial charge in [0.1, 0.15) is 17.6 Å². The van der Waals surface area contributed by atoms with Crippen LogP contribution in [0.25, 0.3) is 10.9 Å². The molecule has 3 rings (SSSR count). The van der Waals surface area contributed by atoms with E-state index >= 15 is 0 Å². The lowest BCUT2D eigenvalue weighted by atomic mass is 10.2. The molecule has 21 heavy (non-hydrogen) atoms. The molecule has 4 nitrogen and oxygen atoms in total. The summed E-state index contributed by atoms with van der Waals surface area (Å²) in [5, 5.41) is 12.3. The van der Waals surface area contributed by atoms with E-state index in [-0.39, 0.29) is 11.7 Å². The average molecular weight is 279 g/mol. The molecular formula is C16H10FN3O. The summed E-state index contributed by atoms with van der Waals surface area (Å²) in [7, 11) is 0. The van der Waals surface area contributed by atoms with E-state index in [1.165, 1.54) is 12.1 Å². The Labute approximate surface area is 119 Å². The first-order chi connectivity index (χ1) is 10.2. The second-order valence-corrected chi connectivity index (χ2v) is 4.53. The highest BCUT2D eigenvalue weighted by Crippen LogP contribution is 2.19. The summed E-state index contributed by atoms with van der Waals surface area (Å²) in [5.74, 6) is -0.738. The minimum atomic E-state index is -0.380. The number of rotatable bonds is 2. The molecule has 0 radical (unpaired) electrons. The third kappa shape index (κ3) is 2.47. The van der Waals surface area contributed by atoms with Crippen molar-refractivity contribution in [3.05, 3.63) is 65.6 Å². The molecule has 0 spiro atoms. The lowest BCUT2D eigenvalue weighted by molar-refractivity contribution is 0.102. The standard InChI is InChI=1S/C16H10FN3O/c17-12-5-6-14-11(7-12)8-15(19-14)16(21)20-13-4-2-1-3-10(13)9-18/h1-8,19H,(H,20,21). The van der Waals surface area contributed by atoms with Gasteiger partial charge in [0.15, 0.2) is 0 Å². The molecule has 0 fully saturated rings. The first-order valence-corrected chi connectivity index (χ1v) is 6.26. The van der Waals surface area contributed by atoms with Gasteiger partial charge in [0, 0.05) is 10.9 Å². The zero-order valence-corrected chi connectivity index (χ0v) is 10.9. The van der Waals surface area contributed by atoms with Crippen molar-refractivity contribution in [1.82, 2.24) is 4.98 Å². The Morgan fingerprint density at radius 1 is 1.19 bits per heavy atom. The third-order valence-electron chi connectivity index (χ3n) is 3.12. The normalized spacial score (nSPS) is 10.3. The summed E-state index contributed by atoms with van der Waals surface area (Å²) in [6, 6.07) is 14.6. The first-order valence-electron chi connectivity index (χ1n) is 6.26. The van der Waals surface area contributed by atoms with Crippen LogP contribution < -0.4 is 5.32 Å². The van der Waals surface area contributed by atoms with Gasteiger partial charge in [-0.15, -0.1) is 0 Å². The highest BCUT2D eigenvalue weighted by Gasteiger charge is 2.12. The monoisotopic (exact) mass is 279 g/mol. The molecular weight excluding hydrogens is 269 g/mol. The predicted molar refractivity (Wildman–Crippen MR) is 77.4 cm³/mol. The number of H-pyrrole nitrogens is 1. The fourth-order valence-electron chi connectivity index (χ4n) is 2.11. The number of hydrogen-bond donors (Lipinski definition) is 2. The summed E-state index contributed by atoms with van der Waals surface area (Å²) in [5.41, 5.74) is 1.81. The fourth-order valence-corrected chi connectivity index (χ4v) is 2.11. The summed E-state index contributed by atoms with van der Waals surface area (Å²) >= 11 is 0. The Kier molecular flexibility index (Phi) is 3.13. The van der Waals surface area contributed by atoms with Crippen molar-refractivity contribution in [2.24, 2.45) is 0 Å². The van der Waals surface area contributed by atoms with Gasteiger partial charge in [-0.1, -0.05) is 12.1 Å². The van der Waals surface area contributed by atoms with Crippen LogP contribution in [0.15, 0.2) is 48.5 Å². The molecule has 1 amide bonds. The number of carbonyl (C=O) groups excluding carboxylic acids is 1. The zero-order valence-electron chi connectivity index (χ0n) is 10.9. The van der Waals surface area contributed by atoms with Crippen LogP contribution in [0.3, 0.4) is 0 Å². The predicted octanol–water partition coefficient (Wildman–Crippen LogP) is 3.43. The first kappa shape index (κ1) is 12.9. The average Bonchev–Trinajstić information content (AvgIpc) is 2.91. The van der Waals surface area contributed by atoms with Crippen molar-refractivity contribution in [2.75, 3.05) is 5.32 Å². The van der Waals surface area contributed by atoms with Gasteiger partial charge in [0.05, 0.1) is 11.3 Å². The molecule has 0 saturated heterocycles. The van der Waals surface area contributed by atoms with Gasteiger partial charge >= 0.3 is 0 Å². The zero-order chi connectivity index (χ0) is 14.8. The van der Waals surface area contributed by atoms with Crippen molar-refractivity contribution in [1.29, 1.82) is 5.26 Å². The number of hydrogen-bond acceptors (Lipinski definition) is 2. The summed E-state index contributed by atoms with van der Waals surface area (Å²) in [6.07, 6.45) is 0. The van der Waals surface area contributed by atoms with Gasteiger partial charge in [-0.2, -0.15) is 5.26 Å². The molecule has 1 aromatic heterocycles. The Morgan fingerprint density at radius 3 is 2.81 bits per heavy atom. The van der Waals surface area contributed by atoms with Crippen LogP contribution in [0.4, 0.5) is 10.1 Å². The molecule has 5 heteroatoms. The van der Waals surface area contributed by atoms with Crippen LogP contribution in [-0.4, -0.2) is 10.9 Å². The van der Waals surface area contributed by atoms with Gasteiger partial charge < -0.3 is 10.3 Å². The summed E-state index contributed by atoms with van der Waals surface area (Å²) in [6.45, 7) is 0. The number of para-hydroxylation sites is 1. The number of halogens is 1. The molecule has 3 aromatic rings. The van der Waals surface area contributed by atoms with Gasteiger partial charge in [-0.05, 0) is 36.4 Å². The topological polar surface area (TPSA) is 68.7 Å². The number of benzene rings is 2. The van der Waals surface area contributed by atoms with Crippen LogP contribution in [0.1, 0.15) is 16.1 Å². The Hall–Kier alpha value is -3.13. The lowest BCUT2D eigenvalue weighted by Gasteiger charge is -2.05. The van der Waals surface area contributed by atoms with Crippen LogP contribution in [0.5, 0.6) is 0 Å². The number of amides is 1. The third-order valence-corrected chi connectivity index (χ3v) is 3.12. The van der Waals surface area contributed by atoms with Crippen LogP contribution in [-0.2, 0) is 0 Å². The molecule has 0 aliphatic rings. The van der Waals surface area contributed by atoms with Crippen LogP contribution in [0, 0.1) is 17.1 Å². The largest absolute Gasteiger partial charge is 0.351 e. The van der Waals surface area contributed by atoms with E-state index in [4.69, 9.17) is 5.26 Å². The summed E-state index contributed by atoms with van der Waals surface area (Å²) in [4.78, 5) is 15.1. The fraction of sp³-hybridized carbons (Fsp3) is 0. The molecule has 2 aromatic carbocycles. The highest BCUT2D eigenvalue weighted by molar-refractivity contribution is 6.06. The highest BCUT2D eigenvalue weighted by atomic mass is 19.1. The smallest absolute Gasteiger partial charge is 0.272 e. The molecule has 102 valence electrons. The van der Waals surface area contributed by atoms with Gasteiger partial charge in [-0.25, -0.2) is 4.39 Å². The van der Waals surface area contributed by atoms with Gasteiger partial charge in [0.2, 0.25) is 0 Å². The summed E-state index contributed by atoms with van der Waals surface area (Å²) < 4.78 is 13.1. The quantitative estimate of drug-likeness (QED) is 0.754. The Bertz CT molecular complexity index is 877. The van der Waals surface area contributed by atoms with Crippen molar-refractivity contribution in [2.45, 2.75) is 0 Å².